The van der Waals surface area contributed by atoms with Crippen LogP contribution in [-0.2, 0) is 0 Å². The number of rotatable bonds is 2. The Morgan fingerprint density at radius 3 is 2.94 bits per heavy atom. The molecule has 0 aliphatic heterocycles. The van der Waals surface area contributed by atoms with Crippen molar-refractivity contribution in [1.82, 2.24) is 9.97 Å². The van der Waals surface area contributed by atoms with E-state index < -0.39 is 0 Å². The molecule has 1 N–H and O–H groups in total. The third-order valence-electron chi connectivity index (χ3n) is 1.89. The van der Waals surface area contributed by atoms with E-state index in [1.54, 1.807) is 30.5 Å². The monoisotopic (exact) mass is 230 g/mol. The summed E-state index contributed by atoms with van der Waals surface area (Å²) < 4.78 is 0. The van der Waals surface area contributed by atoms with Crippen LogP contribution in [0.3, 0.4) is 0 Å². The van der Waals surface area contributed by atoms with Crippen LogP contribution in [0.15, 0.2) is 36.5 Å². The van der Waals surface area contributed by atoms with Crippen LogP contribution in [0.25, 0.3) is 0 Å². The van der Waals surface area contributed by atoms with Crippen LogP contribution in [0.1, 0.15) is 5.56 Å². The molecule has 2 rings (SSSR count). The number of nitriles is 1. The molecule has 0 aliphatic carbocycles. The highest BCUT2D eigenvalue weighted by atomic mass is 35.5. The summed E-state index contributed by atoms with van der Waals surface area (Å²) in [5.41, 5.74) is 1.37. The Hall–Kier alpha value is -2.12. The van der Waals surface area contributed by atoms with Gasteiger partial charge in [-0.2, -0.15) is 5.26 Å². The minimum Gasteiger partial charge on any atom is -0.340 e. The maximum atomic E-state index is 8.75. The lowest BCUT2D eigenvalue weighted by atomic mass is 10.2. The average Bonchev–Trinajstić information content (AvgIpc) is 2.29. The summed E-state index contributed by atoms with van der Waals surface area (Å²) in [5, 5.41) is 12.0. The van der Waals surface area contributed by atoms with Crippen LogP contribution >= 0.6 is 11.6 Å². The molecule has 78 valence electrons. The molecular formula is C11H7ClN4. The average molecular weight is 231 g/mol. The van der Waals surface area contributed by atoms with Crippen molar-refractivity contribution in [2.24, 2.45) is 0 Å². The van der Waals surface area contributed by atoms with E-state index in [1.165, 1.54) is 0 Å². The van der Waals surface area contributed by atoms with E-state index in [-0.39, 0.29) is 5.28 Å². The lowest BCUT2D eigenvalue weighted by Gasteiger charge is -2.04. The van der Waals surface area contributed by atoms with Crippen molar-refractivity contribution in [3.8, 4) is 6.07 Å². The van der Waals surface area contributed by atoms with Crippen LogP contribution in [0, 0.1) is 11.3 Å². The first-order chi connectivity index (χ1) is 7.78. The standard InChI is InChI=1S/C11H7ClN4/c12-11-14-5-4-10(16-11)15-9-3-1-2-8(6-9)7-13/h1-6H,(H,14,15,16). The van der Waals surface area contributed by atoms with Crippen molar-refractivity contribution in [2.75, 3.05) is 5.32 Å². The molecule has 2 aromatic rings. The Balaban J connectivity index is 2.24. The molecule has 0 radical (unpaired) electrons. The van der Waals surface area contributed by atoms with Crippen molar-refractivity contribution in [3.05, 3.63) is 47.4 Å². The van der Waals surface area contributed by atoms with Gasteiger partial charge in [0.2, 0.25) is 5.28 Å². The zero-order chi connectivity index (χ0) is 11.4. The fourth-order valence-electron chi connectivity index (χ4n) is 1.22. The van der Waals surface area contributed by atoms with Crippen LogP contribution in [0.4, 0.5) is 11.5 Å². The molecule has 0 amide bonds. The summed E-state index contributed by atoms with van der Waals surface area (Å²) in [7, 11) is 0. The van der Waals surface area contributed by atoms with Gasteiger partial charge in [-0.3, -0.25) is 0 Å². The quantitative estimate of drug-likeness (QED) is 0.806. The maximum absolute atomic E-state index is 8.75. The summed E-state index contributed by atoms with van der Waals surface area (Å²) in [5.74, 6) is 0.593. The van der Waals surface area contributed by atoms with Crippen molar-refractivity contribution < 1.29 is 0 Å². The van der Waals surface area contributed by atoms with Crippen LogP contribution in [0.5, 0.6) is 0 Å². The predicted octanol–water partition coefficient (Wildman–Crippen LogP) is 2.75. The molecule has 16 heavy (non-hydrogen) atoms. The zero-order valence-corrected chi connectivity index (χ0v) is 8.94. The Morgan fingerprint density at radius 1 is 1.31 bits per heavy atom. The Morgan fingerprint density at radius 2 is 2.19 bits per heavy atom. The molecule has 1 aromatic carbocycles. The summed E-state index contributed by atoms with van der Waals surface area (Å²) in [6.07, 6.45) is 1.56. The van der Waals surface area contributed by atoms with Gasteiger partial charge in [0.1, 0.15) is 5.82 Å². The normalized spacial score (nSPS) is 9.50. The third-order valence-corrected chi connectivity index (χ3v) is 2.07. The van der Waals surface area contributed by atoms with Gasteiger partial charge in [0.05, 0.1) is 11.6 Å². The maximum Gasteiger partial charge on any atom is 0.224 e. The summed E-state index contributed by atoms with van der Waals surface area (Å²) in [6.45, 7) is 0. The van der Waals surface area contributed by atoms with E-state index in [0.717, 1.165) is 5.69 Å². The van der Waals surface area contributed by atoms with Crippen LogP contribution in [-0.4, -0.2) is 9.97 Å². The van der Waals surface area contributed by atoms with Gasteiger partial charge in [0.25, 0.3) is 0 Å². The van der Waals surface area contributed by atoms with Gasteiger partial charge in [0, 0.05) is 11.9 Å². The molecular weight excluding hydrogens is 224 g/mol. The first-order valence-corrected chi connectivity index (χ1v) is 4.91. The number of nitrogens with one attached hydrogen (secondary N) is 1. The second kappa shape index (κ2) is 4.60. The number of anilines is 2. The highest BCUT2D eigenvalue weighted by molar-refractivity contribution is 6.28. The minimum atomic E-state index is 0.182. The molecule has 0 unspecified atom stereocenters. The SMILES string of the molecule is N#Cc1cccc(Nc2ccnc(Cl)n2)c1. The molecule has 0 bridgehead atoms. The van der Waals surface area contributed by atoms with Gasteiger partial charge < -0.3 is 5.32 Å². The lowest BCUT2D eigenvalue weighted by Crippen LogP contribution is -1.94. The molecule has 4 nitrogen and oxygen atoms in total. The second-order valence-corrected chi connectivity index (χ2v) is 3.37. The van der Waals surface area contributed by atoms with Crippen molar-refractivity contribution in [3.63, 3.8) is 0 Å². The van der Waals surface area contributed by atoms with E-state index in [0.29, 0.717) is 11.4 Å². The minimum absolute atomic E-state index is 0.182. The van der Waals surface area contributed by atoms with Gasteiger partial charge >= 0.3 is 0 Å². The zero-order valence-electron chi connectivity index (χ0n) is 8.18. The van der Waals surface area contributed by atoms with Gasteiger partial charge in [-0.05, 0) is 35.9 Å². The Kier molecular flexibility index (Phi) is 2.99. The number of halogens is 1. The van der Waals surface area contributed by atoms with Crippen molar-refractivity contribution in [2.45, 2.75) is 0 Å². The molecule has 1 heterocycles. The lowest BCUT2D eigenvalue weighted by molar-refractivity contribution is 1.17. The summed E-state index contributed by atoms with van der Waals surface area (Å²) >= 11 is 5.66. The van der Waals surface area contributed by atoms with Crippen LogP contribution < -0.4 is 5.32 Å². The first kappa shape index (κ1) is 10.4. The number of benzene rings is 1. The molecule has 5 heteroatoms. The van der Waals surface area contributed by atoms with E-state index in [4.69, 9.17) is 16.9 Å². The highest BCUT2D eigenvalue weighted by Crippen LogP contribution is 2.16. The smallest absolute Gasteiger partial charge is 0.224 e. The first-order valence-electron chi connectivity index (χ1n) is 4.53. The van der Waals surface area contributed by atoms with E-state index in [2.05, 4.69) is 21.4 Å². The Bertz CT molecular complexity index is 548. The topological polar surface area (TPSA) is 61.6 Å². The third kappa shape index (κ3) is 2.47. The second-order valence-electron chi connectivity index (χ2n) is 3.03. The molecule has 0 fully saturated rings. The van der Waals surface area contributed by atoms with E-state index in [9.17, 15) is 0 Å². The van der Waals surface area contributed by atoms with Crippen LogP contribution in [0.2, 0.25) is 5.28 Å². The van der Waals surface area contributed by atoms with Gasteiger partial charge in [-0.25, -0.2) is 9.97 Å². The largest absolute Gasteiger partial charge is 0.340 e. The fraction of sp³-hybridized carbons (Fsp3) is 0. The summed E-state index contributed by atoms with van der Waals surface area (Å²) in [4.78, 5) is 7.76. The Labute approximate surface area is 97.5 Å². The molecule has 0 aliphatic rings. The van der Waals surface area contributed by atoms with Crippen molar-refractivity contribution in [1.29, 1.82) is 5.26 Å². The number of hydrogen-bond acceptors (Lipinski definition) is 4. The van der Waals surface area contributed by atoms with Crippen molar-refractivity contribution >= 4 is 23.1 Å². The molecule has 0 atom stereocenters. The number of nitrogens with zero attached hydrogens (tertiary/aromatic N) is 3. The predicted molar refractivity (Wildman–Crippen MR) is 61.5 cm³/mol. The highest BCUT2D eigenvalue weighted by Gasteiger charge is 1.98. The molecule has 1 aromatic heterocycles. The van der Waals surface area contributed by atoms with Gasteiger partial charge in [-0.15, -0.1) is 0 Å². The molecule has 0 saturated heterocycles. The summed E-state index contributed by atoms with van der Waals surface area (Å²) in [6, 6.07) is 10.9. The number of aromatic nitrogens is 2. The number of hydrogen-bond donors (Lipinski definition) is 1. The van der Waals surface area contributed by atoms with Gasteiger partial charge in [0.15, 0.2) is 0 Å². The molecule has 0 saturated carbocycles. The van der Waals surface area contributed by atoms with E-state index in [1.807, 2.05) is 6.07 Å². The fourth-order valence-corrected chi connectivity index (χ4v) is 1.37. The van der Waals surface area contributed by atoms with Gasteiger partial charge in [-0.1, -0.05) is 6.07 Å². The van der Waals surface area contributed by atoms with E-state index >= 15 is 0 Å². The molecule has 0 spiro atoms.